The summed E-state index contributed by atoms with van der Waals surface area (Å²) in [6, 6.07) is 9.36. The van der Waals surface area contributed by atoms with Crippen LogP contribution >= 0.6 is 0 Å². The summed E-state index contributed by atoms with van der Waals surface area (Å²) in [5.74, 6) is 1.13. The van der Waals surface area contributed by atoms with Crippen LogP contribution in [0.25, 0.3) is 11.3 Å². The van der Waals surface area contributed by atoms with E-state index in [2.05, 4.69) is 130 Å². The first-order valence-corrected chi connectivity index (χ1v) is 27.0. The molecule has 0 N–H and O–H groups in total. The van der Waals surface area contributed by atoms with E-state index in [4.69, 9.17) is 4.43 Å². The molecule has 0 atom stereocenters. The lowest BCUT2D eigenvalue weighted by molar-refractivity contribution is 0.516. The summed E-state index contributed by atoms with van der Waals surface area (Å²) < 4.78 is 7.14. The van der Waals surface area contributed by atoms with Crippen molar-refractivity contribution < 1.29 is 4.43 Å². The minimum Gasteiger partial charge on any atom is -0.543 e. The predicted octanol–water partition coefficient (Wildman–Crippen LogP) is 8.97. The van der Waals surface area contributed by atoms with Gasteiger partial charge in [0.05, 0.1) is 15.2 Å². The van der Waals surface area contributed by atoms with Gasteiger partial charge in [-0.25, -0.2) is 0 Å². The summed E-state index contributed by atoms with van der Waals surface area (Å²) in [4.78, 5) is 0. The van der Waals surface area contributed by atoms with Crippen LogP contribution in [0.1, 0.15) is 44.5 Å². The van der Waals surface area contributed by atoms with E-state index in [1.807, 2.05) is 0 Å². The largest absolute Gasteiger partial charge is 0.543 e. The Hall–Kier alpha value is -1.28. The number of benzene rings is 2. The van der Waals surface area contributed by atoms with Crippen LogP contribution < -0.4 is 0 Å². The van der Waals surface area contributed by atoms with Gasteiger partial charge in [0.25, 0.3) is 0 Å². The molecular formula is C30H50OSi4. The van der Waals surface area contributed by atoms with E-state index in [1.165, 1.54) is 50.1 Å². The van der Waals surface area contributed by atoms with Gasteiger partial charge in [0.1, 0.15) is 5.76 Å². The first-order valence-electron chi connectivity index (χ1n) is 13.0. The molecule has 1 nitrogen and oxygen atoms in total. The zero-order valence-corrected chi connectivity index (χ0v) is 29.3. The molecule has 5 heteroatoms. The lowest BCUT2D eigenvalue weighted by Crippen LogP contribution is -2.54. The van der Waals surface area contributed by atoms with Crippen molar-refractivity contribution in [2.24, 2.45) is 0 Å². The normalized spacial score (nSPS) is 13.5. The van der Waals surface area contributed by atoms with Crippen molar-refractivity contribution >= 4 is 47.9 Å². The van der Waals surface area contributed by atoms with Crippen molar-refractivity contribution in [1.82, 2.24) is 0 Å². The number of aryl methyl sites for hydroxylation is 6. The highest BCUT2D eigenvalue weighted by Gasteiger charge is 2.33. The predicted molar refractivity (Wildman–Crippen MR) is 171 cm³/mol. The van der Waals surface area contributed by atoms with Crippen molar-refractivity contribution in [2.45, 2.75) is 100 Å². The Bertz CT molecular complexity index is 1100. The monoisotopic (exact) mass is 538 g/mol. The second kappa shape index (κ2) is 10.6. The lowest BCUT2D eigenvalue weighted by atomic mass is 9.90. The molecule has 0 amide bonds. The van der Waals surface area contributed by atoms with Crippen LogP contribution in [0, 0.1) is 41.5 Å². The Balaban J connectivity index is 3.24. The van der Waals surface area contributed by atoms with Crippen molar-refractivity contribution in [3.05, 3.63) is 68.8 Å². The van der Waals surface area contributed by atoms with Gasteiger partial charge >= 0.3 is 0 Å². The zero-order valence-electron chi connectivity index (χ0n) is 25.3. The van der Waals surface area contributed by atoms with Crippen molar-refractivity contribution in [3.8, 4) is 0 Å². The topological polar surface area (TPSA) is 9.23 Å². The number of hydrogen-bond donors (Lipinski definition) is 0. The maximum atomic E-state index is 7.14. The fourth-order valence-corrected chi connectivity index (χ4v) is 40.6. The van der Waals surface area contributed by atoms with Gasteiger partial charge in [-0.15, -0.1) is 0 Å². The van der Waals surface area contributed by atoms with Crippen LogP contribution in [-0.2, 0) is 4.43 Å². The third-order valence-corrected chi connectivity index (χ3v) is 35.1. The van der Waals surface area contributed by atoms with Crippen molar-refractivity contribution in [2.75, 3.05) is 0 Å². The molecule has 0 saturated carbocycles. The maximum Gasteiger partial charge on any atom is 0.242 e. The second-order valence-corrected chi connectivity index (χ2v) is 41.8. The molecule has 192 valence electrons. The molecule has 0 aromatic heterocycles. The summed E-state index contributed by atoms with van der Waals surface area (Å²) >= 11 is 0. The summed E-state index contributed by atoms with van der Waals surface area (Å²) in [5, 5.41) is 0. The molecule has 2 aromatic rings. The van der Waals surface area contributed by atoms with Gasteiger partial charge in [-0.1, -0.05) is 80.3 Å². The van der Waals surface area contributed by atoms with Gasteiger partial charge in [0.2, 0.25) is 8.32 Å². The van der Waals surface area contributed by atoms with Crippen molar-refractivity contribution in [3.63, 3.8) is 0 Å². The van der Waals surface area contributed by atoms with E-state index in [0.717, 1.165) is 5.76 Å². The van der Waals surface area contributed by atoms with Crippen LogP contribution in [0.5, 0.6) is 0 Å². The van der Waals surface area contributed by atoms with E-state index in [0.29, 0.717) is 0 Å². The summed E-state index contributed by atoms with van der Waals surface area (Å²) in [5.41, 5.74) is 14.9. The number of rotatable bonds is 7. The fraction of sp³-hybridized carbons (Fsp3) is 0.500. The van der Waals surface area contributed by atoms with Gasteiger partial charge in [-0.05, 0) is 96.4 Å². The van der Waals surface area contributed by atoms with Crippen LogP contribution in [0.3, 0.4) is 0 Å². The molecule has 2 rings (SSSR count). The quantitative estimate of drug-likeness (QED) is 0.194. The fourth-order valence-electron chi connectivity index (χ4n) is 5.64. The average Bonchev–Trinajstić information content (AvgIpc) is 2.58. The Kier molecular flexibility index (Phi) is 9.07. The lowest BCUT2D eigenvalue weighted by Gasteiger charge is -2.33. The van der Waals surface area contributed by atoms with Crippen LogP contribution in [0.4, 0.5) is 0 Å². The molecule has 0 bridgehead atoms. The van der Waals surface area contributed by atoms with Gasteiger partial charge in [0, 0.05) is 11.1 Å². The molecule has 0 unspecified atom stereocenters. The summed E-state index contributed by atoms with van der Waals surface area (Å²) in [6.07, 6.45) is 0. The summed E-state index contributed by atoms with van der Waals surface area (Å²) in [6.45, 7) is 36.0. The Morgan fingerprint density at radius 2 is 0.943 bits per heavy atom. The number of allylic oxidation sites excluding steroid dienone is 1. The van der Waals surface area contributed by atoms with E-state index < -0.39 is 30.9 Å². The molecule has 2 aromatic carbocycles. The SMILES string of the molecule is Cc1cc(C)c(/C(C=[Si]([Si](C)(C)C)[Si](C)(C)C)=C(\O[Si](C)(C)C)c2c(C)cc(C)cc2C)c(C)c1. The minimum absolute atomic E-state index is 0.674. The van der Waals surface area contributed by atoms with E-state index in [-0.39, 0.29) is 0 Å². The number of hydrogen-bond acceptors (Lipinski definition) is 1. The van der Waals surface area contributed by atoms with Gasteiger partial charge in [-0.2, -0.15) is 0 Å². The Morgan fingerprint density at radius 1 is 0.600 bits per heavy atom. The van der Waals surface area contributed by atoms with Crippen LogP contribution in [0.15, 0.2) is 24.3 Å². The summed E-state index contributed by atoms with van der Waals surface area (Å²) in [7, 11) is -5.32. The highest BCUT2D eigenvalue weighted by molar-refractivity contribution is 7.60. The highest BCUT2D eigenvalue weighted by atomic mass is 29.6. The van der Waals surface area contributed by atoms with Gasteiger partial charge < -0.3 is 4.43 Å². The molecule has 0 saturated heterocycles. The molecule has 0 aliphatic rings. The molecule has 0 aliphatic carbocycles. The first kappa shape index (κ1) is 29.9. The molecule has 0 fully saturated rings. The molecular weight excluding hydrogens is 489 g/mol. The Morgan fingerprint density at radius 3 is 1.26 bits per heavy atom. The third kappa shape index (κ3) is 7.60. The van der Waals surface area contributed by atoms with Crippen LogP contribution in [0.2, 0.25) is 58.9 Å². The van der Waals surface area contributed by atoms with Crippen LogP contribution in [-0.4, -0.2) is 36.6 Å². The smallest absolute Gasteiger partial charge is 0.242 e. The molecule has 0 spiro atoms. The molecule has 0 aliphatic heterocycles. The van der Waals surface area contributed by atoms with Crippen molar-refractivity contribution in [1.29, 1.82) is 0 Å². The van der Waals surface area contributed by atoms with E-state index in [9.17, 15) is 0 Å². The van der Waals surface area contributed by atoms with E-state index in [1.54, 1.807) is 0 Å². The Labute approximate surface area is 221 Å². The standard InChI is InChI=1S/C30H50OSi4/c1-21-16-23(3)28(24(4)17-21)27(20-32(34(10,11)12)35(13,14)15)30(31-33(7,8)9)29-25(5)18-22(2)19-26(29)6/h16-20H,1-15H3/b30-27-. The maximum absolute atomic E-state index is 7.14. The minimum atomic E-state index is -1.89. The van der Waals surface area contributed by atoms with Gasteiger partial charge in [0.15, 0.2) is 0 Å². The molecule has 0 radical (unpaired) electrons. The third-order valence-electron chi connectivity index (χ3n) is 6.41. The second-order valence-electron chi connectivity index (χ2n) is 13.6. The molecule has 35 heavy (non-hydrogen) atoms. The average molecular weight is 539 g/mol. The molecule has 0 heterocycles. The van der Waals surface area contributed by atoms with E-state index >= 15 is 0 Å². The highest BCUT2D eigenvalue weighted by Crippen LogP contribution is 2.37. The first-order chi connectivity index (χ1) is 15.7. The van der Waals surface area contributed by atoms with Gasteiger partial charge in [-0.3, -0.25) is 0 Å². The zero-order chi connectivity index (χ0) is 27.1.